The van der Waals surface area contributed by atoms with Crippen LogP contribution in [0.3, 0.4) is 0 Å². The van der Waals surface area contributed by atoms with Crippen LogP contribution in [0.25, 0.3) is 0 Å². The third-order valence-electron chi connectivity index (χ3n) is 1.80. The molecule has 1 rings (SSSR count). The fourth-order valence-corrected chi connectivity index (χ4v) is 1.15. The number of pyridine rings is 1. The first-order valence-electron chi connectivity index (χ1n) is 4.10. The van der Waals surface area contributed by atoms with Gasteiger partial charge in [0.25, 0.3) is 0 Å². The van der Waals surface area contributed by atoms with E-state index >= 15 is 0 Å². The maximum atomic E-state index is 12.7. The van der Waals surface area contributed by atoms with Crippen LogP contribution in [0.2, 0.25) is 0 Å². The number of nitrogens with zero attached hydrogens (tertiary/aromatic N) is 1. The Bertz CT molecular complexity index is 403. The number of hydrogen-bond donors (Lipinski definition) is 0. The van der Waals surface area contributed by atoms with E-state index in [4.69, 9.17) is 0 Å². The number of ether oxygens (including phenoxy) is 2. The van der Waals surface area contributed by atoms with Crippen molar-refractivity contribution in [2.75, 3.05) is 14.2 Å². The average molecular weight is 235 g/mol. The Labute approximate surface area is 89.0 Å². The van der Waals surface area contributed by atoms with Crippen LogP contribution >= 0.6 is 0 Å². The van der Waals surface area contributed by atoms with Gasteiger partial charge in [0.05, 0.1) is 19.8 Å². The van der Waals surface area contributed by atoms with Crippen molar-refractivity contribution in [1.82, 2.24) is 4.98 Å². The molecule has 16 heavy (non-hydrogen) atoms. The SMILES string of the molecule is COC(=O)c1ccnc(OC)c1C(F)(F)F. The van der Waals surface area contributed by atoms with Crippen LogP contribution in [-0.4, -0.2) is 25.2 Å². The van der Waals surface area contributed by atoms with Gasteiger partial charge in [-0.2, -0.15) is 13.2 Å². The van der Waals surface area contributed by atoms with E-state index in [0.717, 1.165) is 26.5 Å². The summed E-state index contributed by atoms with van der Waals surface area (Å²) in [4.78, 5) is 14.5. The Kier molecular flexibility index (Phi) is 3.36. The monoisotopic (exact) mass is 235 g/mol. The molecule has 0 saturated heterocycles. The maximum absolute atomic E-state index is 12.7. The molecule has 1 aromatic rings. The van der Waals surface area contributed by atoms with Crippen LogP contribution in [0.15, 0.2) is 12.3 Å². The van der Waals surface area contributed by atoms with E-state index in [1.165, 1.54) is 0 Å². The zero-order valence-corrected chi connectivity index (χ0v) is 8.46. The molecular weight excluding hydrogens is 227 g/mol. The minimum absolute atomic E-state index is 0.623. The summed E-state index contributed by atoms with van der Waals surface area (Å²) in [6.07, 6.45) is -3.69. The molecular formula is C9H8F3NO3. The number of methoxy groups -OCH3 is 2. The highest BCUT2D eigenvalue weighted by molar-refractivity contribution is 5.91. The minimum atomic E-state index is -4.73. The molecule has 0 amide bonds. The molecule has 1 aromatic heterocycles. The van der Waals surface area contributed by atoms with Crippen molar-refractivity contribution in [2.24, 2.45) is 0 Å². The normalized spacial score (nSPS) is 11.1. The molecule has 0 aliphatic carbocycles. The third kappa shape index (κ3) is 2.23. The molecule has 1 heterocycles. The molecule has 4 nitrogen and oxygen atoms in total. The van der Waals surface area contributed by atoms with Crippen molar-refractivity contribution in [1.29, 1.82) is 0 Å². The van der Waals surface area contributed by atoms with Gasteiger partial charge in [-0.25, -0.2) is 9.78 Å². The predicted molar refractivity (Wildman–Crippen MR) is 47.1 cm³/mol. The Morgan fingerprint density at radius 3 is 2.44 bits per heavy atom. The van der Waals surface area contributed by atoms with Gasteiger partial charge in [0.15, 0.2) is 0 Å². The first kappa shape index (κ1) is 12.3. The number of alkyl halides is 3. The molecule has 0 spiro atoms. The van der Waals surface area contributed by atoms with E-state index in [-0.39, 0.29) is 0 Å². The van der Waals surface area contributed by atoms with Gasteiger partial charge in [-0.15, -0.1) is 0 Å². The van der Waals surface area contributed by atoms with E-state index in [1.54, 1.807) is 0 Å². The molecule has 0 N–H and O–H groups in total. The van der Waals surface area contributed by atoms with Crippen LogP contribution in [0.4, 0.5) is 13.2 Å². The Balaban J connectivity index is 3.44. The van der Waals surface area contributed by atoms with Gasteiger partial charge < -0.3 is 9.47 Å². The summed E-state index contributed by atoms with van der Waals surface area (Å²) in [6, 6.07) is 0.928. The lowest BCUT2D eigenvalue weighted by molar-refractivity contribution is -0.139. The van der Waals surface area contributed by atoms with Crippen molar-refractivity contribution in [3.63, 3.8) is 0 Å². The average Bonchev–Trinajstić information content (AvgIpc) is 2.25. The zero-order valence-electron chi connectivity index (χ0n) is 8.46. The molecule has 0 aliphatic heterocycles. The summed E-state index contributed by atoms with van der Waals surface area (Å²) >= 11 is 0. The molecule has 0 saturated carbocycles. The lowest BCUT2D eigenvalue weighted by Crippen LogP contribution is -2.16. The predicted octanol–water partition coefficient (Wildman–Crippen LogP) is 1.90. The first-order valence-corrected chi connectivity index (χ1v) is 4.10. The lowest BCUT2D eigenvalue weighted by Gasteiger charge is -2.13. The van der Waals surface area contributed by atoms with Gasteiger partial charge >= 0.3 is 12.1 Å². The van der Waals surface area contributed by atoms with Crippen LogP contribution in [-0.2, 0) is 10.9 Å². The molecule has 0 atom stereocenters. The highest BCUT2D eigenvalue weighted by Gasteiger charge is 2.40. The fraction of sp³-hybridized carbons (Fsp3) is 0.333. The number of rotatable bonds is 2. The lowest BCUT2D eigenvalue weighted by atomic mass is 10.1. The Morgan fingerprint density at radius 1 is 1.38 bits per heavy atom. The van der Waals surface area contributed by atoms with Crippen molar-refractivity contribution < 1.29 is 27.4 Å². The van der Waals surface area contributed by atoms with E-state index in [1.807, 2.05) is 0 Å². The number of aromatic nitrogens is 1. The number of carbonyl (C=O) groups is 1. The maximum Gasteiger partial charge on any atom is 0.422 e. The van der Waals surface area contributed by atoms with Crippen molar-refractivity contribution in [2.45, 2.75) is 6.18 Å². The number of halogens is 3. The summed E-state index contributed by atoms with van der Waals surface area (Å²) in [5.74, 6) is -1.75. The van der Waals surface area contributed by atoms with E-state index in [2.05, 4.69) is 14.5 Å². The Morgan fingerprint density at radius 2 is 2.00 bits per heavy atom. The molecule has 0 fully saturated rings. The second-order valence-corrected chi connectivity index (χ2v) is 2.73. The van der Waals surface area contributed by atoms with Crippen LogP contribution in [0, 0.1) is 0 Å². The number of carbonyl (C=O) groups excluding carboxylic acids is 1. The molecule has 0 unspecified atom stereocenters. The van der Waals surface area contributed by atoms with Crippen LogP contribution in [0.1, 0.15) is 15.9 Å². The van der Waals surface area contributed by atoms with Crippen LogP contribution in [0.5, 0.6) is 5.88 Å². The fourth-order valence-electron chi connectivity index (χ4n) is 1.15. The van der Waals surface area contributed by atoms with Gasteiger partial charge in [0, 0.05) is 6.20 Å². The number of esters is 1. The highest BCUT2D eigenvalue weighted by Crippen LogP contribution is 2.37. The zero-order chi connectivity index (χ0) is 12.3. The molecule has 0 aromatic carbocycles. The second kappa shape index (κ2) is 4.38. The standard InChI is InChI=1S/C9H8F3NO3/c1-15-7-6(9(10,11)12)5(3-4-13-7)8(14)16-2/h3-4H,1-2H3. The van der Waals surface area contributed by atoms with Gasteiger partial charge in [-0.05, 0) is 6.07 Å². The van der Waals surface area contributed by atoms with Gasteiger partial charge in [-0.3, -0.25) is 0 Å². The van der Waals surface area contributed by atoms with Gasteiger partial charge in [-0.1, -0.05) is 0 Å². The molecule has 0 bridgehead atoms. The van der Waals surface area contributed by atoms with Gasteiger partial charge in [0.1, 0.15) is 5.56 Å². The summed E-state index contributed by atoms with van der Waals surface area (Å²) in [7, 11) is 2.04. The summed E-state index contributed by atoms with van der Waals surface area (Å²) in [6.45, 7) is 0. The molecule has 88 valence electrons. The smallest absolute Gasteiger partial charge is 0.422 e. The number of hydrogen-bond acceptors (Lipinski definition) is 4. The highest BCUT2D eigenvalue weighted by atomic mass is 19.4. The molecule has 0 radical (unpaired) electrons. The molecule has 7 heteroatoms. The third-order valence-corrected chi connectivity index (χ3v) is 1.80. The van der Waals surface area contributed by atoms with E-state index < -0.39 is 29.2 Å². The Hall–Kier alpha value is -1.79. The van der Waals surface area contributed by atoms with E-state index in [9.17, 15) is 18.0 Å². The minimum Gasteiger partial charge on any atom is -0.481 e. The van der Waals surface area contributed by atoms with Crippen LogP contribution < -0.4 is 4.74 Å². The summed E-state index contributed by atoms with van der Waals surface area (Å²) in [5, 5.41) is 0. The van der Waals surface area contributed by atoms with E-state index in [0.29, 0.717) is 0 Å². The van der Waals surface area contributed by atoms with Crippen molar-refractivity contribution in [3.8, 4) is 5.88 Å². The van der Waals surface area contributed by atoms with Crippen molar-refractivity contribution >= 4 is 5.97 Å². The summed E-state index contributed by atoms with van der Waals surface area (Å²) in [5.41, 5.74) is -1.86. The van der Waals surface area contributed by atoms with Gasteiger partial charge in [0.2, 0.25) is 5.88 Å². The topological polar surface area (TPSA) is 48.4 Å². The summed E-state index contributed by atoms with van der Waals surface area (Å²) < 4.78 is 46.7. The first-order chi connectivity index (χ1) is 7.41. The quantitative estimate of drug-likeness (QED) is 0.734. The second-order valence-electron chi connectivity index (χ2n) is 2.73. The largest absolute Gasteiger partial charge is 0.481 e. The molecule has 0 aliphatic rings. The van der Waals surface area contributed by atoms with Crippen molar-refractivity contribution in [3.05, 3.63) is 23.4 Å².